The first-order valence-corrected chi connectivity index (χ1v) is 4.89. The molecule has 4 heteroatoms. The third-order valence-electron chi connectivity index (χ3n) is 2.56. The molecule has 0 fully saturated rings. The highest BCUT2D eigenvalue weighted by Crippen LogP contribution is 2.14. The Hall–Kier alpha value is -1.00. The smallest absolute Gasteiger partial charge is 0.130 e. The summed E-state index contributed by atoms with van der Waals surface area (Å²) in [7, 11) is 1.80. The molecule has 1 unspecified atom stereocenters. The minimum absolute atomic E-state index is 0.0975. The molecule has 0 spiro atoms. The van der Waals surface area contributed by atoms with E-state index in [1.165, 1.54) is 18.2 Å². The van der Waals surface area contributed by atoms with E-state index in [0.29, 0.717) is 6.54 Å². The zero-order valence-electron chi connectivity index (χ0n) is 9.00. The molecule has 1 atom stereocenters. The molecule has 2 N–H and O–H groups in total. The van der Waals surface area contributed by atoms with Crippen LogP contribution in [0.2, 0.25) is 0 Å². The third-order valence-corrected chi connectivity index (χ3v) is 2.56. The molecular formula is C11H16F2N2. The molecule has 0 saturated carbocycles. The van der Waals surface area contributed by atoms with Crippen molar-refractivity contribution in [2.24, 2.45) is 5.73 Å². The molecule has 1 aromatic rings. The van der Waals surface area contributed by atoms with Crippen molar-refractivity contribution in [2.45, 2.75) is 19.5 Å². The van der Waals surface area contributed by atoms with Gasteiger partial charge in [-0.25, -0.2) is 8.78 Å². The molecule has 84 valence electrons. The van der Waals surface area contributed by atoms with Gasteiger partial charge in [0.25, 0.3) is 0 Å². The van der Waals surface area contributed by atoms with Gasteiger partial charge in [0.1, 0.15) is 11.6 Å². The van der Waals surface area contributed by atoms with Crippen molar-refractivity contribution >= 4 is 0 Å². The van der Waals surface area contributed by atoms with Crippen LogP contribution >= 0.6 is 0 Å². The zero-order valence-corrected chi connectivity index (χ0v) is 9.00. The van der Waals surface area contributed by atoms with Crippen molar-refractivity contribution in [1.29, 1.82) is 0 Å². The van der Waals surface area contributed by atoms with Gasteiger partial charge < -0.3 is 5.73 Å². The van der Waals surface area contributed by atoms with Gasteiger partial charge in [-0.15, -0.1) is 0 Å². The van der Waals surface area contributed by atoms with Crippen LogP contribution in [0.4, 0.5) is 8.78 Å². The van der Waals surface area contributed by atoms with E-state index in [1.54, 1.807) is 7.05 Å². The van der Waals surface area contributed by atoms with Crippen LogP contribution in [0.1, 0.15) is 12.5 Å². The maximum absolute atomic E-state index is 13.3. The number of nitrogens with two attached hydrogens (primary N) is 1. The lowest BCUT2D eigenvalue weighted by atomic mass is 10.1. The molecule has 0 bridgehead atoms. The fourth-order valence-corrected chi connectivity index (χ4v) is 1.27. The summed E-state index contributed by atoms with van der Waals surface area (Å²) in [5.74, 6) is -1.02. The Morgan fingerprint density at radius 2 is 1.87 bits per heavy atom. The first kappa shape index (κ1) is 12.1. The van der Waals surface area contributed by atoms with Gasteiger partial charge in [0.05, 0.1) is 0 Å². The van der Waals surface area contributed by atoms with Gasteiger partial charge in [-0.3, -0.25) is 4.90 Å². The average molecular weight is 214 g/mol. The van der Waals surface area contributed by atoms with Gasteiger partial charge in [-0.2, -0.15) is 0 Å². The summed E-state index contributed by atoms with van der Waals surface area (Å²) < 4.78 is 26.6. The summed E-state index contributed by atoms with van der Waals surface area (Å²) in [6.45, 7) is 2.61. The Bertz CT molecular complexity index is 308. The van der Waals surface area contributed by atoms with E-state index in [0.717, 1.165) is 0 Å². The van der Waals surface area contributed by atoms with Crippen molar-refractivity contribution in [3.05, 3.63) is 35.4 Å². The normalized spacial score (nSPS) is 13.2. The van der Waals surface area contributed by atoms with Gasteiger partial charge in [0.15, 0.2) is 0 Å². The van der Waals surface area contributed by atoms with Crippen molar-refractivity contribution in [1.82, 2.24) is 4.90 Å². The van der Waals surface area contributed by atoms with E-state index >= 15 is 0 Å². The van der Waals surface area contributed by atoms with Crippen LogP contribution in [0.15, 0.2) is 18.2 Å². The summed E-state index contributed by atoms with van der Waals surface area (Å²) in [6, 6.07) is 3.99. The lowest BCUT2D eigenvalue weighted by Gasteiger charge is -2.23. The quantitative estimate of drug-likeness (QED) is 0.827. The van der Waals surface area contributed by atoms with E-state index < -0.39 is 11.6 Å². The second-order valence-corrected chi connectivity index (χ2v) is 3.70. The number of hydrogen-bond acceptors (Lipinski definition) is 2. The molecular weight excluding hydrogens is 198 g/mol. The number of rotatable bonds is 4. The fourth-order valence-electron chi connectivity index (χ4n) is 1.27. The first-order valence-electron chi connectivity index (χ1n) is 4.89. The van der Waals surface area contributed by atoms with Gasteiger partial charge in [0, 0.05) is 24.7 Å². The highest BCUT2D eigenvalue weighted by Gasteiger charge is 2.13. The second kappa shape index (κ2) is 5.19. The van der Waals surface area contributed by atoms with Crippen molar-refractivity contribution < 1.29 is 8.78 Å². The number of likely N-dealkylation sites (N-methyl/N-ethyl adjacent to an activating group) is 1. The van der Waals surface area contributed by atoms with Crippen LogP contribution < -0.4 is 5.73 Å². The van der Waals surface area contributed by atoms with Crippen molar-refractivity contribution in [3.8, 4) is 0 Å². The average Bonchev–Trinajstić information content (AvgIpc) is 2.22. The van der Waals surface area contributed by atoms with E-state index in [4.69, 9.17) is 5.73 Å². The minimum Gasteiger partial charge on any atom is -0.329 e. The van der Waals surface area contributed by atoms with Gasteiger partial charge in [-0.05, 0) is 26.1 Å². The largest absolute Gasteiger partial charge is 0.329 e. The topological polar surface area (TPSA) is 29.3 Å². The summed E-state index contributed by atoms with van der Waals surface area (Å²) in [5.41, 5.74) is 5.57. The molecule has 1 aromatic carbocycles. The number of nitrogens with zero attached hydrogens (tertiary/aromatic N) is 1. The first-order chi connectivity index (χ1) is 7.06. The highest BCUT2D eigenvalue weighted by atomic mass is 19.1. The van der Waals surface area contributed by atoms with E-state index in [1.807, 2.05) is 11.8 Å². The predicted molar refractivity (Wildman–Crippen MR) is 56.3 cm³/mol. The predicted octanol–water partition coefficient (Wildman–Crippen LogP) is 1.74. The molecule has 2 nitrogen and oxygen atoms in total. The Kier molecular flexibility index (Phi) is 4.17. The van der Waals surface area contributed by atoms with Crippen LogP contribution in [0, 0.1) is 11.6 Å². The number of benzene rings is 1. The minimum atomic E-state index is -0.508. The Labute approximate surface area is 88.7 Å². The molecule has 0 aliphatic heterocycles. The lowest BCUT2D eigenvalue weighted by Crippen LogP contribution is -2.35. The van der Waals surface area contributed by atoms with Crippen LogP contribution in [-0.2, 0) is 6.54 Å². The van der Waals surface area contributed by atoms with E-state index in [2.05, 4.69) is 0 Å². The van der Waals surface area contributed by atoms with Gasteiger partial charge in [0.2, 0.25) is 0 Å². The maximum Gasteiger partial charge on any atom is 0.130 e. The van der Waals surface area contributed by atoms with Gasteiger partial charge in [-0.1, -0.05) is 6.07 Å². The Balaban J connectivity index is 2.80. The maximum atomic E-state index is 13.3. The van der Waals surface area contributed by atoms with Crippen LogP contribution in [0.3, 0.4) is 0 Å². The van der Waals surface area contributed by atoms with E-state index in [-0.39, 0.29) is 18.2 Å². The molecule has 0 heterocycles. The number of hydrogen-bond donors (Lipinski definition) is 1. The summed E-state index contributed by atoms with van der Waals surface area (Å²) in [5, 5.41) is 0. The molecule has 0 aliphatic rings. The van der Waals surface area contributed by atoms with Crippen molar-refractivity contribution in [2.75, 3.05) is 13.6 Å². The molecule has 0 aromatic heterocycles. The highest BCUT2D eigenvalue weighted by molar-refractivity contribution is 5.19. The molecule has 0 aliphatic carbocycles. The Morgan fingerprint density at radius 3 is 2.33 bits per heavy atom. The monoisotopic (exact) mass is 214 g/mol. The molecule has 15 heavy (non-hydrogen) atoms. The Morgan fingerprint density at radius 1 is 1.33 bits per heavy atom. The molecule has 1 rings (SSSR count). The molecule has 0 radical (unpaired) electrons. The summed E-state index contributed by atoms with van der Waals surface area (Å²) in [6.07, 6.45) is 0. The SMILES string of the molecule is CC(CN)N(C)Cc1c(F)cccc1F. The second-order valence-electron chi connectivity index (χ2n) is 3.70. The molecule has 0 saturated heterocycles. The molecule has 0 amide bonds. The number of halogens is 2. The summed E-state index contributed by atoms with van der Waals surface area (Å²) in [4.78, 5) is 1.82. The van der Waals surface area contributed by atoms with Gasteiger partial charge >= 0.3 is 0 Å². The zero-order chi connectivity index (χ0) is 11.4. The standard InChI is InChI=1S/C11H16F2N2/c1-8(6-14)15(2)7-9-10(12)4-3-5-11(9)13/h3-5,8H,6-7,14H2,1-2H3. The van der Waals surface area contributed by atoms with Crippen molar-refractivity contribution in [3.63, 3.8) is 0 Å². The lowest BCUT2D eigenvalue weighted by molar-refractivity contribution is 0.247. The summed E-state index contributed by atoms with van der Waals surface area (Å²) >= 11 is 0. The third kappa shape index (κ3) is 2.97. The van der Waals surface area contributed by atoms with Crippen LogP contribution in [-0.4, -0.2) is 24.5 Å². The van der Waals surface area contributed by atoms with Crippen LogP contribution in [0.25, 0.3) is 0 Å². The van der Waals surface area contributed by atoms with Crippen LogP contribution in [0.5, 0.6) is 0 Å². The fraction of sp³-hybridized carbons (Fsp3) is 0.455. The van der Waals surface area contributed by atoms with E-state index in [9.17, 15) is 8.78 Å².